The van der Waals surface area contributed by atoms with Crippen LogP contribution in [0.3, 0.4) is 0 Å². The molecule has 3 rings (SSSR count). The number of fused-ring (bicyclic) bond motifs is 5. The Labute approximate surface area is 86.4 Å². The highest BCUT2D eigenvalue weighted by Gasteiger charge is 2.66. The summed E-state index contributed by atoms with van der Waals surface area (Å²) in [6.45, 7) is 0. The predicted molar refractivity (Wildman–Crippen MR) is 47.1 cm³/mol. The molecule has 2 heterocycles. The zero-order valence-corrected chi connectivity index (χ0v) is 8.25. The second-order valence-electron chi connectivity index (χ2n) is 4.42. The third kappa shape index (κ3) is 0.979. The molecule has 0 aromatic heterocycles. The first-order valence-corrected chi connectivity index (χ1v) is 5.07. The summed E-state index contributed by atoms with van der Waals surface area (Å²) in [4.78, 5) is 23.1. The van der Waals surface area contributed by atoms with E-state index >= 15 is 0 Å². The van der Waals surface area contributed by atoms with E-state index in [1.807, 2.05) is 0 Å². The molecule has 1 N–H and O–H groups in total. The molecular weight excluding hydrogens is 200 g/mol. The van der Waals surface area contributed by atoms with Gasteiger partial charge in [0.05, 0.1) is 30.5 Å². The van der Waals surface area contributed by atoms with Crippen LogP contribution in [0.2, 0.25) is 0 Å². The minimum Gasteiger partial charge on any atom is -0.388 e. The van der Waals surface area contributed by atoms with Crippen LogP contribution >= 0.6 is 0 Å². The quantitative estimate of drug-likeness (QED) is 0.559. The van der Waals surface area contributed by atoms with Crippen molar-refractivity contribution in [2.45, 2.75) is 30.8 Å². The minimum absolute atomic E-state index is 0.00511. The molecule has 0 aromatic rings. The van der Waals surface area contributed by atoms with Crippen molar-refractivity contribution in [1.29, 1.82) is 0 Å². The number of aliphatic hydroxyl groups excluding tert-OH is 1. The number of ether oxygens (including phenoxy) is 2. The number of carbonyl (C=O) groups excluding carboxylic acids is 2. The van der Waals surface area contributed by atoms with Crippen molar-refractivity contribution in [3.05, 3.63) is 0 Å². The van der Waals surface area contributed by atoms with E-state index < -0.39 is 30.3 Å². The molecular formula is C10H12O5. The molecule has 82 valence electrons. The van der Waals surface area contributed by atoms with Crippen molar-refractivity contribution in [2.24, 2.45) is 11.8 Å². The standard InChI is InChI=1S/C10H12O5/c1-14-10-7(13)8-5-3(11)2-4(12)6(5)9(10)15-8/h5-10,13H,2H2,1H3. The van der Waals surface area contributed by atoms with Crippen molar-refractivity contribution in [2.75, 3.05) is 7.11 Å². The molecule has 2 saturated heterocycles. The van der Waals surface area contributed by atoms with Crippen molar-refractivity contribution >= 4 is 11.6 Å². The molecule has 2 aliphatic heterocycles. The Morgan fingerprint density at radius 1 is 1.27 bits per heavy atom. The van der Waals surface area contributed by atoms with Gasteiger partial charge in [0.15, 0.2) is 0 Å². The fourth-order valence-corrected chi connectivity index (χ4v) is 3.16. The molecule has 0 spiro atoms. The fourth-order valence-electron chi connectivity index (χ4n) is 3.16. The normalized spacial score (nSPS) is 52.7. The number of Topliss-reactive ketones (excluding diaryl/α,β-unsaturated/α-hetero) is 2. The first kappa shape index (κ1) is 9.45. The van der Waals surface area contributed by atoms with Crippen molar-refractivity contribution in [3.63, 3.8) is 0 Å². The van der Waals surface area contributed by atoms with Crippen molar-refractivity contribution < 1.29 is 24.2 Å². The van der Waals surface area contributed by atoms with Crippen LogP contribution < -0.4 is 0 Å². The lowest BCUT2D eigenvalue weighted by Crippen LogP contribution is -2.48. The monoisotopic (exact) mass is 212 g/mol. The summed E-state index contributed by atoms with van der Waals surface area (Å²) < 4.78 is 10.6. The summed E-state index contributed by atoms with van der Waals surface area (Å²) in [5, 5.41) is 9.82. The molecule has 3 fully saturated rings. The summed E-state index contributed by atoms with van der Waals surface area (Å²) >= 11 is 0. The maximum atomic E-state index is 11.6. The highest BCUT2D eigenvalue weighted by Crippen LogP contribution is 2.49. The first-order chi connectivity index (χ1) is 7.15. The topological polar surface area (TPSA) is 72.8 Å². The van der Waals surface area contributed by atoms with Crippen LogP contribution in [-0.2, 0) is 19.1 Å². The summed E-state index contributed by atoms with van der Waals surface area (Å²) in [5.41, 5.74) is 0. The molecule has 0 radical (unpaired) electrons. The Bertz CT molecular complexity index is 339. The lowest BCUT2D eigenvalue weighted by Gasteiger charge is -2.29. The SMILES string of the molecule is COC1C(O)C2OC1C1C(=O)CC(=O)C21. The Morgan fingerprint density at radius 2 is 1.87 bits per heavy atom. The van der Waals surface area contributed by atoms with Crippen LogP contribution in [0.1, 0.15) is 6.42 Å². The van der Waals surface area contributed by atoms with Crippen LogP contribution in [0, 0.1) is 11.8 Å². The molecule has 6 unspecified atom stereocenters. The average Bonchev–Trinajstić information content (AvgIpc) is 2.78. The Hall–Kier alpha value is -0.780. The molecule has 15 heavy (non-hydrogen) atoms. The molecule has 3 aliphatic rings. The highest BCUT2D eigenvalue weighted by molar-refractivity contribution is 6.09. The zero-order valence-electron chi connectivity index (χ0n) is 8.25. The number of methoxy groups -OCH3 is 1. The number of hydrogen-bond acceptors (Lipinski definition) is 5. The van der Waals surface area contributed by atoms with E-state index in [9.17, 15) is 14.7 Å². The van der Waals surface area contributed by atoms with E-state index in [2.05, 4.69) is 0 Å². The van der Waals surface area contributed by atoms with Crippen molar-refractivity contribution in [3.8, 4) is 0 Å². The lowest BCUT2D eigenvalue weighted by molar-refractivity contribution is -0.125. The van der Waals surface area contributed by atoms with Gasteiger partial charge in [-0.3, -0.25) is 9.59 Å². The largest absolute Gasteiger partial charge is 0.388 e. The minimum atomic E-state index is -0.781. The van der Waals surface area contributed by atoms with Gasteiger partial charge in [0.25, 0.3) is 0 Å². The van der Waals surface area contributed by atoms with Crippen LogP contribution in [0.4, 0.5) is 0 Å². The van der Waals surface area contributed by atoms with E-state index in [1.54, 1.807) is 0 Å². The van der Waals surface area contributed by atoms with Gasteiger partial charge in [0, 0.05) is 7.11 Å². The molecule has 0 amide bonds. The summed E-state index contributed by atoms with van der Waals surface area (Å²) in [6.07, 6.45) is -2.22. The van der Waals surface area contributed by atoms with Gasteiger partial charge in [-0.15, -0.1) is 0 Å². The molecule has 5 nitrogen and oxygen atoms in total. The number of ketones is 2. The highest BCUT2D eigenvalue weighted by atomic mass is 16.6. The zero-order chi connectivity index (χ0) is 10.7. The molecule has 2 bridgehead atoms. The third-order valence-corrected chi connectivity index (χ3v) is 3.77. The third-order valence-electron chi connectivity index (χ3n) is 3.77. The number of carbonyl (C=O) groups is 2. The van der Waals surface area contributed by atoms with Crippen LogP contribution in [0.25, 0.3) is 0 Å². The van der Waals surface area contributed by atoms with Gasteiger partial charge in [-0.2, -0.15) is 0 Å². The molecule has 6 atom stereocenters. The maximum absolute atomic E-state index is 11.6. The maximum Gasteiger partial charge on any atom is 0.146 e. The van der Waals surface area contributed by atoms with Gasteiger partial charge in [0.2, 0.25) is 0 Å². The van der Waals surface area contributed by atoms with Crippen molar-refractivity contribution in [1.82, 2.24) is 0 Å². The van der Waals surface area contributed by atoms with E-state index in [1.165, 1.54) is 7.11 Å². The van der Waals surface area contributed by atoms with E-state index in [-0.39, 0.29) is 23.9 Å². The van der Waals surface area contributed by atoms with Gasteiger partial charge < -0.3 is 14.6 Å². The van der Waals surface area contributed by atoms with Crippen LogP contribution in [0.15, 0.2) is 0 Å². The van der Waals surface area contributed by atoms with Gasteiger partial charge in [-0.05, 0) is 0 Å². The Kier molecular flexibility index (Phi) is 1.81. The van der Waals surface area contributed by atoms with Gasteiger partial charge in [-0.1, -0.05) is 0 Å². The van der Waals surface area contributed by atoms with Gasteiger partial charge >= 0.3 is 0 Å². The van der Waals surface area contributed by atoms with Gasteiger partial charge in [0.1, 0.15) is 23.8 Å². The lowest BCUT2D eigenvalue weighted by atomic mass is 9.78. The molecule has 5 heteroatoms. The van der Waals surface area contributed by atoms with Crippen LogP contribution in [0.5, 0.6) is 0 Å². The predicted octanol–water partition coefficient (Wildman–Crippen LogP) is -1.08. The smallest absolute Gasteiger partial charge is 0.146 e. The second kappa shape index (κ2) is 2.87. The molecule has 1 saturated carbocycles. The number of hydrogen-bond donors (Lipinski definition) is 1. The van der Waals surface area contributed by atoms with E-state index in [0.717, 1.165) is 0 Å². The summed E-state index contributed by atoms with van der Waals surface area (Å²) in [7, 11) is 1.48. The number of aliphatic hydroxyl groups is 1. The van der Waals surface area contributed by atoms with E-state index in [4.69, 9.17) is 9.47 Å². The summed E-state index contributed by atoms with van der Waals surface area (Å²) in [5.74, 6) is -0.961. The molecule has 1 aliphatic carbocycles. The second-order valence-corrected chi connectivity index (χ2v) is 4.42. The first-order valence-electron chi connectivity index (χ1n) is 5.07. The van der Waals surface area contributed by atoms with Crippen LogP contribution in [-0.4, -0.2) is 48.2 Å². The Balaban J connectivity index is 1.97. The number of rotatable bonds is 1. The fraction of sp³-hybridized carbons (Fsp3) is 0.800. The molecule has 0 aromatic carbocycles. The Morgan fingerprint density at radius 3 is 2.47 bits per heavy atom. The summed E-state index contributed by atoms with van der Waals surface area (Å²) in [6, 6.07) is 0. The van der Waals surface area contributed by atoms with Gasteiger partial charge in [-0.25, -0.2) is 0 Å². The average molecular weight is 212 g/mol. The van der Waals surface area contributed by atoms with E-state index in [0.29, 0.717) is 0 Å².